The van der Waals surface area contributed by atoms with Crippen LogP contribution in [0.5, 0.6) is 0 Å². The zero-order chi connectivity index (χ0) is 16.8. The van der Waals surface area contributed by atoms with E-state index in [0.717, 1.165) is 25.7 Å². The molecule has 128 valence electrons. The first-order valence-electron chi connectivity index (χ1n) is 8.05. The fourth-order valence-electron chi connectivity index (χ4n) is 2.62. The van der Waals surface area contributed by atoms with E-state index in [0.29, 0.717) is 12.3 Å². The fourth-order valence-corrected chi connectivity index (χ4v) is 2.62. The number of ether oxygens (including phenoxy) is 2. The Kier molecular flexibility index (Phi) is 7.13. The van der Waals surface area contributed by atoms with Crippen LogP contribution in [0.2, 0.25) is 0 Å². The Hall–Kier alpha value is -1.30. The molecule has 0 aromatic rings. The van der Waals surface area contributed by atoms with E-state index in [9.17, 15) is 14.7 Å². The summed E-state index contributed by atoms with van der Waals surface area (Å²) in [6.45, 7) is 7.32. The molecule has 6 nitrogen and oxygen atoms in total. The highest BCUT2D eigenvalue weighted by atomic mass is 16.6. The van der Waals surface area contributed by atoms with Gasteiger partial charge >= 0.3 is 12.1 Å². The van der Waals surface area contributed by atoms with Gasteiger partial charge < -0.3 is 19.9 Å². The van der Waals surface area contributed by atoms with Crippen molar-refractivity contribution >= 4 is 12.1 Å². The molecule has 0 aliphatic heterocycles. The fraction of sp³-hybridized carbons (Fsp3) is 0.875. The molecule has 0 spiro atoms. The van der Waals surface area contributed by atoms with E-state index in [-0.39, 0.29) is 12.7 Å². The Balaban J connectivity index is 2.59. The van der Waals surface area contributed by atoms with Crippen LogP contribution in [-0.2, 0) is 14.3 Å². The van der Waals surface area contributed by atoms with Crippen molar-refractivity contribution in [2.75, 3.05) is 6.61 Å². The van der Waals surface area contributed by atoms with E-state index in [2.05, 4.69) is 5.32 Å². The van der Waals surface area contributed by atoms with Gasteiger partial charge in [-0.25, -0.2) is 9.59 Å². The number of rotatable bonds is 5. The Morgan fingerprint density at radius 2 is 1.82 bits per heavy atom. The highest BCUT2D eigenvalue weighted by molar-refractivity contribution is 5.81. The highest BCUT2D eigenvalue weighted by Crippen LogP contribution is 2.28. The normalized spacial score (nSPS) is 23.5. The number of esters is 1. The third-order valence-corrected chi connectivity index (χ3v) is 3.65. The predicted molar refractivity (Wildman–Crippen MR) is 82.4 cm³/mol. The quantitative estimate of drug-likeness (QED) is 0.761. The van der Waals surface area contributed by atoms with Gasteiger partial charge in [0.1, 0.15) is 11.6 Å². The molecule has 0 heterocycles. The molecule has 0 bridgehead atoms. The van der Waals surface area contributed by atoms with E-state index in [1.807, 2.05) is 0 Å². The number of hydrogen-bond acceptors (Lipinski definition) is 5. The second-order valence-electron chi connectivity index (χ2n) is 6.86. The summed E-state index contributed by atoms with van der Waals surface area (Å²) >= 11 is 0. The number of aliphatic hydroxyl groups is 1. The van der Waals surface area contributed by atoms with Crippen molar-refractivity contribution in [1.82, 2.24) is 5.32 Å². The smallest absolute Gasteiger partial charge is 0.408 e. The lowest BCUT2D eigenvalue weighted by Crippen LogP contribution is -2.45. The topological polar surface area (TPSA) is 84.9 Å². The first-order valence-corrected chi connectivity index (χ1v) is 8.05. The number of carbonyl (C=O) groups is 2. The third-order valence-electron chi connectivity index (χ3n) is 3.65. The van der Waals surface area contributed by atoms with Crippen LogP contribution in [0, 0.1) is 5.92 Å². The predicted octanol–water partition coefficient (Wildman–Crippen LogP) is 2.38. The average molecular weight is 315 g/mol. The van der Waals surface area contributed by atoms with Crippen molar-refractivity contribution in [3.63, 3.8) is 0 Å². The minimum absolute atomic E-state index is 0.240. The molecule has 22 heavy (non-hydrogen) atoms. The summed E-state index contributed by atoms with van der Waals surface area (Å²) in [5.74, 6) is -0.132. The standard InChI is InChI=1S/C16H29NO5/c1-5-21-14(19)13(17-15(20)22-16(2,3)4)10-11-6-8-12(18)9-7-11/h11-13,18H,5-10H2,1-4H3,(H,17,20)/t11?,12?,13-/m0/s1. The zero-order valence-corrected chi connectivity index (χ0v) is 14.1. The molecular formula is C16H29NO5. The largest absolute Gasteiger partial charge is 0.464 e. The van der Waals surface area contributed by atoms with E-state index in [1.165, 1.54) is 0 Å². The summed E-state index contributed by atoms with van der Waals surface area (Å²) in [6, 6.07) is -0.699. The van der Waals surface area contributed by atoms with Gasteiger partial charge in [0, 0.05) is 0 Å². The maximum Gasteiger partial charge on any atom is 0.408 e. The Morgan fingerprint density at radius 1 is 1.23 bits per heavy atom. The zero-order valence-electron chi connectivity index (χ0n) is 14.1. The molecule has 6 heteroatoms. The van der Waals surface area contributed by atoms with Crippen LogP contribution in [0.25, 0.3) is 0 Å². The lowest BCUT2D eigenvalue weighted by atomic mass is 9.83. The molecule has 0 unspecified atom stereocenters. The van der Waals surface area contributed by atoms with Gasteiger partial charge in [-0.05, 0) is 65.7 Å². The molecule has 2 N–H and O–H groups in total. The van der Waals surface area contributed by atoms with Gasteiger partial charge in [-0.3, -0.25) is 0 Å². The lowest BCUT2D eigenvalue weighted by molar-refractivity contribution is -0.146. The van der Waals surface area contributed by atoms with Gasteiger partial charge in [0.25, 0.3) is 0 Å². The molecule has 1 saturated carbocycles. The van der Waals surface area contributed by atoms with Gasteiger partial charge in [0.2, 0.25) is 0 Å². The highest BCUT2D eigenvalue weighted by Gasteiger charge is 2.30. The van der Waals surface area contributed by atoms with Crippen LogP contribution >= 0.6 is 0 Å². The van der Waals surface area contributed by atoms with E-state index < -0.39 is 23.7 Å². The summed E-state index contributed by atoms with van der Waals surface area (Å²) in [6.07, 6.45) is 2.86. The molecule has 1 atom stereocenters. The lowest BCUT2D eigenvalue weighted by Gasteiger charge is -2.29. The Morgan fingerprint density at radius 3 is 2.32 bits per heavy atom. The molecular weight excluding hydrogens is 286 g/mol. The molecule has 1 aliphatic rings. The molecule has 1 aliphatic carbocycles. The van der Waals surface area contributed by atoms with Crippen molar-refractivity contribution < 1.29 is 24.2 Å². The first-order chi connectivity index (χ1) is 10.2. The van der Waals surface area contributed by atoms with Crippen LogP contribution in [0.1, 0.15) is 59.8 Å². The first kappa shape index (κ1) is 18.7. The van der Waals surface area contributed by atoms with E-state index >= 15 is 0 Å². The number of alkyl carbamates (subject to hydrolysis) is 1. The molecule has 0 aromatic carbocycles. The summed E-state index contributed by atoms with van der Waals surface area (Å²) in [7, 11) is 0. The van der Waals surface area contributed by atoms with Crippen LogP contribution in [0.15, 0.2) is 0 Å². The minimum Gasteiger partial charge on any atom is -0.464 e. The Labute approximate surface area is 132 Å². The van der Waals surface area contributed by atoms with Crippen LogP contribution in [0.4, 0.5) is 4.79 Å². The average Bonchev–Trinajstić information content (AvgIpc) is 2.38. The van der Waals surface area contributed by atoms with Gasteiger partial charge in [-0.15, -0.1) is 0 Å². The van der Waals surface area contributed by atoms with Crippen molar-refractivity contribution in [2.45, 2.75) is 77.5 Å². The molecule has 0 aromatic heterocycles. The van der Waals surface area contributed by atoms with E-state index in [4.69, 9.17) is 9.47 Å². The molecule has 0 saturated heterocycles. The summed E-state index contributed by atoms with van der Waals surface area (Å²) in [5.41, 5.74) is -0.613. The number of nitrogens with one attached hydrogen (secondary N) is 1. The van der Waals surface area contributed by atoms with Crippen LogP contribution in [-0.4, -0.2) is 41.5 Å². The van der Waals surface area contributed by atoms with Gasteiger partial charge in [-0.1, -0.05) is 0 Å². The number of amides is 1. The second-order valence-corrected chi connectivity index (χ2v) is 6.86. The third kappa shape index (κ3) is 7.11. The number of aliphatic hydroxyl groups excluding tert-OH is 1. The number of hydrogen-bond donors (Lipinski definition) is 2. The van der Waals surface area contributed by atoms with Gasteiger partial charge in [-0.2, -0.15) is 0 Å². The Bertz CT molecular complexity index is 369. The van der Waals surface area contributed by atoms with Crippen molar-refractivity contribution in [2.24, 2.45) is 5.92 Å². The molecule has 1 amide bonds. The van der Waals surface area contributed by atoms with Gasteiger partial charge in [0.15, 0.2) is 0 Å². The van der Waals surface area contributed by atoms with Gasteiger partial charge in [0.05, 0.1) is 12.7 Å². The monoisotopic (exact) mass is 315 g/mol. The van der Waals surface area contributed by atoms with Crippen molar-refractivity contribution in [1.29, 1.82) is 0 Å². The summed E-state index contributed by atoms with van der Waals surface area (Å²) < 4.78 is 10.2. The number of carbonyl (C=O) groups excluding carboxylic acids is 2. The molecule has 1 rings (SSSR count). The molecule has 1 fully saturated rings. The second kappa shape index (κ2) is 8.36. The SMILES string of the molecule is CCOC(=O)[C@H](CC1CCC(O)CC1)NC(=O)OC(C)(C)C. The maximum atomic E-state index is 12.0. The minimum atomic E-state index is -0.699. The van der Waals surface area contributed by atoms with Crippen LogP contribution in [0.3, 0.4) is 0 Å². The van der Waals surface area contributed by atoms with Crippen molar-refractivity contribution in [3.8, 4) is 0 Å². The summed E-state index contributed by atoms with van der Waals surface area (Å²) in [4.78, 5) is 23.9. The van der Waals surface area contributed by atoms with Crippen molar-refractivity contribution in [3.05, 3.63) is 0 Å². The summed E-state index contributed by atoms with van der Waals surface area (Å²) in [5, 5.41) is 12.2. The van der Waals surface area contributed by atoms with Crippen LogP contribution < -0.4 is 5.32 Å². The van der Waals surface area contributed by atoms with E-state index in [1.54, 1.807) is 27.7 Å². The maximum absolute atomic E-state index is 12.0. The molecule has 0 radical (unpaired) electrons.